The predicted molar refractivity (Wildman–Crippen MR) is 57.9 cm³/mol. The zero-order chi connectivity index (χ0) is 12.1. The van der Waals surface area contributed by atoms with E-state index in [-0.39, 0.29) is 18.3 Å². The molecule has 0 aromatic heterocycles. The molecular formula is C9H19NO4S. The monoisotopic (exact) mass is 237 g/mol. The van der Waals surface area contributed by atoms with Crippen LogP contribution in [0.3, 0.4) is 0 Å². The van der Waals surface area contributed by atoms with Crippen LogP contribution in [-0.4, -0.2) is 32.8 Å². The van der Waals surface area contributed by atoms with E-state index in [1.54, 1.807) is 20.8 Å². The molecule has 1 N–H and O–H groups in total. The van der Waals surface area contributed by atoms with E-state index in [2.05, 4.69) is 9.46 Å². The number of esters is 1. The Hall–Kier alpha value is -0.620. The maximum Gasteiger partial charge on any atom is 0.323 e. The molecule has 0 aromatic carbocycles. The Morgan fingerprint density at radius 1 is 1.33 bits per heavy atom. The van der Waals surface area contributed by atoms with Crippen molar-refractivity contribution in [1.82, 2.24) is 4.72 Å². The number of nitrogens with one attached hydrogen (secondary N) is 1. The van der Waals surface area contributed by atoms with Gasteiger partial charge in [-0.3, -0.25) is 4.79 Å². The van der Waals surface area contributed by atoms with Gasteiger partial charge in [-0.2, -0.15) is 0 Å². The molecule has 5 nitrogen and oxygen atoms in total. The second-order valence-electron chi connectivity index (χ2n) is 3.77. The van der Waals surface area contributed by atoms with E-state index in [4.69, 9.17) is 0 Å². The van der Waals surface area contributed by atoms with E-state index in [9.17, 15) is 13.2 Å². The third-order valence-corrected chi connectivity index (χ3v) is 3.37. The van der Waals surface area contributed by atoms with Crippen molar-refractivity contribution in [3.8, 4) is 0 Å². The van der Waals surface area contributed by atoms with Gasteiger partial charge in [0.2, 0.25) is 10.0 Å². The molecule has 0 spiro atoms. The van der Waals surface area contributed by atoms with Gasteiger partial charge in [0, 0.05) is 0 Å². The largest absolute Gasteiger partial charge is 0.465 e. The summed E-state index contributed by atoms with van der Waals surface area (Å²) in [5, 5.41) is 0. The van der Waals surface area contributed by atoms with E-state index >= 15 is 0 Å². The molecule has 0 aromatic rings. The van der Waals surface area contributed by atoms with Crippen LogP contribution in [0.15, 0.2) is 0 Å². The SMILES string of the molecule is CCOC(=O)C(C)NS(=O)(=O)CC(C)C. The maximum atomic E-state index is 11.4. The average molecular weight is 237 g/mol. The van der Waals surface area contributed by atoms with Crippen LogP contribution < -0.4 is 4.72 Å². The molecular weight excluding hydrogens is 218 g/mol. The second kappa shape index (κ2) is 6.07. The maximum absolute atomic E-state index is 11.4. The Morgan fingerprint density at radius 2 is 1.87 bits per heavy atom. The van der Waals surface area contributed by atoms with Crippen molar-refractivity contribution in [3.63, 3.8) is 0 Å². The van der Waals surface area contributed by atoms with Crippen LogP contribution in [0, 0.1) is 5.92 Å². The molecule has 0 aliphatic heterocycles. The van der Waals surface area contributed by atoms with Crippen LogP contribution >= 0.6 is 0 Å². The first-order chi connectivity index (χ1) is 6.78. The van der Waals surface area contributed by atoms with Gasteiger partial charge in [-0.15, -0.1) is 0 Å². The van der Waals surface area contributed by atoms with Gasteiger partial charge in [0.05, 0.1) is 12.4 Å². The van der Waals surface area contributed by atoms with Gasteiger partial charge in [0.25, 0.3) is 0 Å². The van der Waals surface area contributed by atoms with Crippen LogP contribution in [0.25, 0.3) is 0 Å². The Morgan fingerprint density at radius 3 is 2.27 bits per heavy atom. The Bertz CT molecular complexity index is 297. The van der Waals surface area contributed by atoms with Gasteiger partial charge in [-0.05, 0) is 19.8 Å². The lowest BCUT2D eigenvalue weighted by Gasteiger charge is -2.13. The summed E-state index contributed by atoms with van der Waals surface area (Å²) in [6.07, 6.45) is 0. The molecule has 0 saturated heterocycles. The molecule has 0 saturated carbocycles. The number of ether oxygens (including phenoxy) is 1. The fraction of sp³-hybridized carbons (Fsp3) is 0.889. The highest BCUT2D eigenvalue weighted by atomic mass is 32.2. The van der Waals surface area contributed by atoms with Gasteiger partial charge in [-0.25, -0.2) is 13.1 Å². The van der Waals surface area contributed by atoms with Gasteiger partial charge < -0.3 is 4.74 Å². The van der Waals surface area contributed by atoms with Crippen molar-refractivity contribution in [2.24, 2.45) is 5.92 Å². The summed E-state index contributed by atoms with van der Waals surface area (Å²) in [4.78, 5) is 11.2. The highest BCUT2D eigenvalue weighted by molar-refractivity contribution is 7.89. The fourth-order valence-corrected chi connectivity index (χ4v) is 2.68. The first kappa shape index (κ1) is 14.4. The lowest BCUT2D eigenvalue weighted by Crippen LogP contribution is -2.41. The van der Waals surface area contributed by atoms with Gasteiger partial charge >= 0.3 is 5.97 Å². The Balaban J connectivity index is 4.27. The van der Waals surface area contributed by atoms with Crippen molar-refractivity contribution in [2.45, 2.75) is 33.7 Å². The number of rotatable bonds is 6. The van der Waals surface area contributed by atoms with Gasteiger partial charge in [-0.1, -0.05) is 13.8 Å². The summed E-state index contributed by atoms with van der Waals surface area (Å²) in [5.41, 5.74) is 0. The van der Waals surface area contributed by atoms with Crippen LogP contribution in [-0.2, 0) is 19.6 Å². The third-order valence-electron chi connectivity index (χ3n) is 1.55. The van der Waals surface area contributed by atoms with Crippen LogP contribution in [0.4, 0.5) is 0 Å². The standard InChI is InChI=1S/C9H19NO4S/c1-5-14-9(11)8(4)10-15(12,13)6-7(2)3/h7-8,10H,5-6H2,1-4H3. The number of carbonyl (C=O) groups is 1. The first-order valence-corrected chi connectivity index (χ1v) is 6.60. The quantitative estimate of drug-likeness (QED) is 0.683. The molecule has 0 radical (unpaired) electrons. The number of hydrogen-bond donors (Lipinski definition) is 1. The topological polar surface area (TPSA) is 72.5 Å². The summed E-state index contributed by atoms with van der Waals surface area (Å²) in [7, 11) is -3.39. The van der Waals surface area contributed by atoms with Crippen molar-refractivity contribution in [3.05, 3.63) is 0 Å². The van der Waals surface area contributed by atoms with Crippen LogP contribution in [0.1, 0.15) is 27.7 Å². The van der Waals surface area contributed by atoms with Crippen LogP contribution in [0.2, 0.25) is 0 Å². The number of carbonyl (C=O) groups excluding carboxylic acids is 1. The van der Waals surface area contributed by atoms with Gasteiger partial charge in [0.1, 0.15) is 6.04 Å². The van der Waals surface area contributed by atoms with Crippen molar-refractivity contribution >= 4 is 16.0 Å². The van der Waals surface area contributed by atoms with Crippen molar-refractivity contribution < 1.29 is 17.9 Å². The smallest absolute Gasteiger partial charge is 0.323 e. The summed E-state index contributed by atoms with van der Waals surface area (Å²) in [6, 6.07) is -0.825. The minimum absolute atomic E-state index is 0.0107. The summed E-state index contributed by atoms with van der Waals surface area (Å²) in [5.74, 6) is -0.516. The molecule has 15 heavy (non-hydrogen) atoms. The number of hydrogen-bond acceptors (Lipinski definition) is 4. The lowest BCUT2D eigenvalue weighted by molar-refractivity contribution is -0.144. The highest BCUT2D eigenvalue weighted by Crippen LogP contribution is 1.99. The minimum Gasteiger partial charge on any atom is -0.465 e. The normalized spacial score (nSPS) is 13.9. The summed E-state index contributed by atoms with van der Waals surface area (Å²) in [6.45, 7) is 6.99. The highest BCUT2D eigenvalue weighted by Gasteiger charge is 2.21. The van der Waals surface area contributed by atoms with E-state index in [0.717, 1.165) is 0 Å². The third kappa shape index (κ3) is 6.46. The fourth-order valence-electron chi connectivity index (χ4n) is 1.07. The van der Waals surface area contributed by atoms with Crippen molar-refractivity contribution in [2.75, 3.05) is 12.4 Å². The van der Waals surface area contributed by atoms with E-state index in [1.807, 2.05) is 0 Å². The molecule has 1 unspecified atom stereocenters. The zero-order valence-electron chi connectivity index (χ0n) is 9.61. The molecule has 6 heteroatoms. The number of sulfonamides is 1. The second-order valence-corrected chi connectivity index (χ2v) is 5.57. The van der Waals surface area contributed by atoms with E-state index in [1.165, 1.54) is 6.92 Å². The summed E-state index contributed by atoms with van der Waals surface area (Å²) < 4.78 is 29.8. The van der Waals surface area contributed by atoms with E-state index < -0.39 is 22.0 Å². The molecule has 0 aliphatic carbocycles. The molecule has 0 fully saturated rings. The molecule has 90 valence electrons. The molecule has 1 atom stereocenters. The average Bonchev–Trinajstić information content (AvgIpc) is 2.00. The molecule has 0 rings (SSSR count). The van der Waals surface area contributed by atoms with Crippen molar-refractivity contribution in [1.29, 1.82) is 0 Å². The zero-order valence-corrected chi connectivity index (χ0v) is 10.4. The lowest BCUT2D eigenvalue weighted by atomic mass is 10.3. The minimum atomic E-state index is -3.39. The molecule has 0 heterocycles. The predicted octanol–water partition coefficient (Wildman–Crippen LogP) is 0.513. The molecule has 0 amide bonds. The molecule has 0 bridgehead atoms. The summed E-state index contributed by atoms with van der Waals surface area (Å²) >= 11 is 0. The first-order valence-electron chi connectivity index (χ1n) is 4.95. The van der Waals surface area contributed by atoms with E-state index in [0.29, 0.717) is 0 Å². The molecule has 0 aliphatic rings. The Labute approximate surface area is 91.2 Å². The van der Waals surface area contributed by atoms with Crippen LogP contribution in [0.5, 0.6) is 0 Å². The Kier molecular flexibility index (Phi) is 5.82. The van der Waals surface area contributed by atoms with Gasteiger partial charge in [0.15, 0.2) is 0 Å².